The first-order chi connectivity index (χ1) is 13.2. The minimum atomic E-state index is -0.394. The van der Waals surface area contributed by atoms with Gasteiger partial charge >= 0.3 is 0 Å². The Bertz CT molecular complexity index is 1090. The van der Waals surface area contributed by atoms with E-state index in [1.54, 1.807) is 35.7 Å². The molecule has 0 atom stereocenters. The van der Waals surface area contributed by atoms with Crippen molar-refractivity contribution in [2.45, 2.75) is 6.54 Å². The molecular weight excluding hydrogens is 381 g/mol. The Morgan fingerprint density at radius 1 is 1.15 bits per heavy atom. The van der Waals surface area contributed by atoms with Crippen molar-refractivity contribution in [3.05, 3.63) is 82.6 Å². The van der Waals surface area contributed by atoms with Crippen molar-refractivity contribution in [3.8, 4) is 0 Å². The molecule has 0 saturated carbocycles. The van der Waals surface area contributed by atoms with Crippen LogP contribution in [-0.2, 0) is 11.3 Å². The quantitative estimate of drug-likeness (QED) is 0.440. The molecule has 4 rings (SSSR count). The molecule has 0 aliphatic heterocycles. The molecule has 3 aromatic heterocycles. The van der Waals surface area contributed by atoms with Crippen LogP contribution in [0, 0.1) is 5.82 Å². The summed E-state index contributed by atoms with van der Waals surface area (Å²) in [4.78, 5) is 24.1. The highest BCUT2D eigenvalue weighted by atomic mass is 32.1. The summed E-state index contributed by atoms with van der Waals surface area (Å²) in [7, 11) is 0. The summed E-state index contributed by atoms with van der Waals surface area (Å²) >= 11 is 2.84. The highest BCUT2D eigenvalue weighted by Crippen LogP contribution is 2.31. The van der Waals surface area contributed by atoms with Crippen molar-refractivity contribution in [1.82, 2.24) is 9.97 Å². The first kappa shape index (κ1) is 17.5. The van der Waals surface area contributed by atoms with Gasteiger partial charge in [0.15, 0.2) is 5.13 Å². The van der Waals surface area contributed by atoms with Gasteiger partial charge in [0.1, 0.15) is 11.3 Å². The predicted molar refractivity (Wildman–Crippen MR) is 108 cm³/mol. The van der Waals surface area contributed by atoms with Crippen LogP contribution in [-0.4, -0.2) is 15.9 Å². The van der Waals surface area contributed by atoms with Crippen LogP contribution in [0.15, 0.2) is 66.2 Å². The normalized spacial score (nSPS) is 11.3. The summed E-state index contributed by atoms with van der Waals surface area (Å²) in [6, 6.07) is 14.2. The van der Waals surface area contributed by atoms with E-state index in [2.05, 4.69) is 9.97 Å². The molecule has 3 heterocycles. The number of carbonyl (C=O) groups excluding carboxylic acids is 1. The molecule has 7 heteroatoms. The lowest BCUT2D eigenvalue weighted by atomic mass is 10.3. The van der Waals surface area contributed by atoms with E-state index >= 15 is 0 Å². The molecule has 0 saturated heterocycles. The van der Waals surface area contributed by atoms with Gasteiger partial charge in [-0.2, -0.15) is 0 Å². The zero-order valence-electron chi connectivity index (χ0n) is 14.1. The maximum atomic E-state index is 14.0. The zero-order chi connectivity index (χ0) is 18.6. The number of amides is 1. The van der Waals surface area contributed by atoms with Crippen LogP contribution in [0.5, 0.6) is 0 Å². The summed E-state index contributed by atoms with van der Waals surface area (Å²) < 4.78 is 14.7. The maximum Gasteiger partial charge on any atom is 0.253 e. The molecule has 0 aliphatic rings. The van der Waals surface area contributed by atoms with Crippen LogP contribution in [0.1, 0.15) is 10.6 Å². The van der Waals surface area contributed by atoms with Crippen LogP contribution in [0.2, 0.25) is 0 Å². The van der Waals surface area contributed by atoms with Gasteiger partial charge in [0.05, 0.1) is 16.9 Å². The number of hydrogen-bond acceptors (Lipinski definition) is 5. The molecule has 0 bridgehead atoms. The zero-order valence-corrected chi connectivity index (χ0v) is 15.7. The summed E-state index contributed by atoms with van der Waals surface area (Å²) in [5.74, 6) is -0.622. The van der Waals surface area contributed by atoms with Crippen LogP contribution in [0.25, 0.3) is 16.3 Å². The minimum absolute atomic E-state index is 0.228. The van der Waals surface area contributed by atoms with E-state index in [1.165, 1.54) is 28.4 Å². The number of anilines is 1. The molecule has 1 amide bonds. The van der Waals surface area contributed by atoms with Crippen molar-refractivity contribution in [1.29, 1.82) is 0 Å². The van der Waals surface area contributed by atoms with Gasteiger partial charge in [-0.25, -0.2) is 9.37 Å². The molecule has 134 valence electrons. The lowest BCUT2D eigenvalue weighted by Gasteiger charge is -2.17. The average Bonchev–Trinajstić information content (AvgIpc) is 3.35. The number of pyridine rings is 1. The average molecular weight is 395 g/mol. The van der Waals surface area contributed by atoms with Crippen LogP contribution < -0.4 is 4.90 Å². The Hall–Kier alpha value is -2.90. The number of halogens is 1. The third-order valence-electron chi connectivity index (χ3n) is 3.84. The van der Waals surface area contributed by atoms with E-state index in [0.717, 1.165) is 10.6 Å². The molecule has 0 spiro atoms. The molecule has 1 aromatic carbocycles. The Balaban J connectivity index is 1.70. The smallest absolute Gasteiger partial charge is 0.253 e. The minimum Gasteiger partial charge on any atom is -0.278 e. The summed E-state index contributed by atoms with van der Waals surface area (Å²) in [5, 5.41) is 2.40. The van der Waals surface area contributed by atoms with Crippen LogP contribution in [0.3, 0.4) is 0 Å². The number of rotatable bonds is 5. The summed E-state index contributed by atoms with van der Waals surface area (Å²) in [5.41, 5.74) is 1.01. The maximum absolute atomic E-state index is 14.0. The Morgan fingerprint density at radius 3 is 2.81 bits per heavy atom. The molecule has 0 N–H and O–H groups in total. The Morgan fingerprint density at radius 2 is 2.07 bits per heavy atom. The fourth-order valence-corrected chi connectivity index (χ4v) is 4.14. The summed E-state index contributed by atoms with van der Waals surface area (Å²) in [6.45, 7) is 0.260. The first-order valence-corrected chi connectivity index (χ1v) is 9.88. The molecule has 27 heavy (non-hydrogen) atoms. The second-order valence-corrected chi connectivity index (χ2v) is 7.67. The third-order valence-corrected chi connectivity index (χ3v) is 5.72. The number of hydrogen-bond donors (Lipinski definition) is 0. The fraction of sp³-hybridized carbons (Fsp3) is 0.0500. The van der Waals surface area contributed by atoms with Gasteiger partial charge < -0.3 is 0 Å². The molecule has 4 aromatic rings. The van der Waals surface area contributed by atoms with E-state index in [9.17, 15) is 9.18 Å². The SMILES string of the molecule is O=C(/C=C/c1cccs1)N(Cc1ccccn1)c1nc2c(F)cccc2s1. The number of thiophene rings is 1. The van der Waals surface area contributed by atoms with E-state index in [4.69, 9.17) is 0 Å². The second kappa shape index (κ2) is 7.77. The van der Waals surface area contributed by atoms with E-state index in [0.29, 0.717) is 9.83 Å². The van der Waals surface area contributed by atoms with E-state index in [-0.39, 0.29) is 18.0 Å². The highest BCUT2D eigenvalue weighted by molar-refractivity contribution is 7.22. The molecule has 0 radical (unpaired) electrons. The summed E-state index contributed by atoms with van der Waals surface area (Å²) in [6.07, 6.45) is 4.96. The van der Waals surface area contributed by atoms with Crippen molar-refractivity contribution in [2.24, 2.45) is 0 Å². The number of fused-ring (bicyclic) bond motifs is 1. The third kappa shape index (κ3) is 3.94. The van der Waals surface area contributed by atoms with Gasteiger partial charge in [-0.05, 0) is 41.8 Å². The van der Waals surface area contributed by atoms with Gasteiger partial charge in [0.2, 0.25) is 0 Å². The van der Waals surface area contributed by atoms with Gasteiger partial charge in [-0.1, -0.05) is 29.5 Å². The number of aromatic nitrogens is 2. The van der Waals surface area contributed by atoms with Gasteiger partial charge in [-0.3, -0.25) is 14.7 Å². The number of benzene rings is 1. The van der Waals surface area contributed by atoms with Crippen LogP contribution in [0.4, 0.5) is 9.52 Å². The highest BCUT2D eigenvalue weighted by Gasteiger charge is 2.20. The Kier molecular flexibility index (Phi) is 5.04. The lowest BCUT2D eigenvalue weighted by Crippen LogP contribution is -2.29. The molecule has 0 aliphatic carbocycles. The molecular formula is C20H14FN3OS2. The van der Waals surface area contributed by atoms with E-state index < -0.39 is 5.82 Å². The van der Waals surface area contributed by atoms with Crippen LogP contribution >= 0.6 is 22.7 Å². The number of carbonyl (C=O) groups is 1. The van der Waals surface area contributed by atoms with Gasteiger partial charge in [0, 0.05) is 17.2 Å². The van der Waals surface area contributed by atoms with E-state index in [1.807, 2.05) is 35.7 Å². The number of para-hydroxylation sites is 1. The molecule has 0 fully saturated rings. The first-order valence-electron chi connectivity index (χ1n) is 8.19. The van der Waals surface area contributed by atoms with Crippen molar-refractivity contribution < 1.29 is 9.18 Å². The second-order valence-electron chi connectivity index (χ2n) is 5.68. The van der Waals surface area contributed by atoms with Crippen molar-refractivity contribution in [2.75, 3.05) is 4.90 Å². The fourth-order valence-electron chi connectivity index (χ4n) is 2.54. The predicted octanol–water partition coefficient (Wildman–Crippen LogP) is 5.14. The standard InChI is InChI=1S/C20H14FN3OS2/c21-16-7-3-8-17-19(16)23-20(27-17)24(13-14-5-1-2-11-22-14)18(25)10-9-15-6-4-12-26-15/h1-12H,13H2/b10-9+. The van der Waals surface area contributed by atoms with Crippen molar-refractivity contribution in [3.63, 3.8) is 0 Å². The topological polar surface area (TPSA) is 46.1 Å². The molecule has 4 nitrogen and oxygen atoms in total. The van der Waals surface area contributed by atoms with Gasteiger partial charge in [0.25, 0.3) is 5.91 Å². The lowest BCUT2D eigenvalue weighted by molar-refractivity contribution is -0.114. The van der Waals surface area contributed by atoms with Crippen molar-refractivity contribution >= 4 is 50.0 Å². The number of nitrogens with zero attached hydrogens (tertiary/aromatic N) is 3. The Labute approximate surface area is 163 Å². The largest absolute Gasteiger partial charge is 0.278 e. The molecule has 0 unspecified atom stereocenters. The monoisotopic (exact) mass is 395 g/mol. The van der Waals surface area contributed by atoms with Gasteiger partial charge in [-0.15, -0.1) is 11.3 Å². The number of thiazole rings is 1.